The summed E-state index contributed by atoms with van der Waals surface area (Å²) in [6.45, 7) is 2.11. The molecule has 1 aromatic heterocycles. The molecule has 1 heterocycles. The first-order chi connectivity index (χ1) is 12.5. The second-order valence-corrected chi connectivity index (χ2v) is 7.42. The number of halogens is 2. The van der Waals surface area contributed by atoms with Gasteiger partial charge < -0.3 is 5.11 Å². The Balaban J connectivity index is 1.77. The second kappa shape index (κ2) is 8.03. The molecule has 8 heteroatoms. The molecule has 0 bridgehead atoms. The molecule has 2 N–H and O–H groups in total. The molecule has 0 saturated heterocycles. The summed E-state index contributed by atoms with van der Waals surface area (Å²) >= 11 is 13.0. The molecule has 0 radical (unpaired) electrons. The number of carbonyl (C=O) groups excluding carboxylic acids is 1. The Labute approximate surface area is 164 Å². The molecule has 0 aliphatic rings. The predicted octanol–water partition coefficient (Wildman–Crippen LogP) is 5.42. The summed E-state index contributed by atoms with van der Waals surface area (Å²) in [7, 11) is 0. The number of aromatic hydroxyl groups is 1. The fraction of sp³-hybridized carbons (Fsp3) is 0.167. The van der Waals surface area contributed by atoms with Gasteiger partial charge in [0.15, 0.2) is 5.01 Å². The minimum absolute atomic E-state index is 0.125. The number of amides is 1. The van der Waals surface area contributed by atoms with Crippen LogP contribution in [0.1, 0.15) is 29.3 Å². The van der Waals surface area contributed by atoms with Gasteiger partial charge in [-0.2, -0.15) is 0 Å². The number of nitrogens with one attached hydrogen (secondary N) is 1. The van der Waals surface area contributed by atoms with Crippen LogP contribution >= 0.6 is 34.5 Å². The topological polar surface area (TPSA) is 75.1 Å². The van der Waals surface area contributed by atoms with E-state index in [0.717, 1.165) is 24.2 Å². The molecule has 0 fully saturated rings. The number of nitrogens with zero attached hydrogens (tertiary/aromatic N) is 2. The van der Waals surface area contributed by atoms with Crippen molar-refractivity contribution in [3.05, 3.63) is 57.6 Å². The van der Waals surface area contributed by atoms with Gasteiger partial charge in [0.25, 0.3) is 5.91 Å². The standard InChI is InChI=1S/C18H15Cl2N3O2S/c1-2-3-10-4-6-11(7-5-10)16(25)21-18-23-22-17(26-18)13-8-12(19)9-14(20)15(13)24/h4-9,24H,2-3H2,1H3,(H,21,23,25). The van der Waals surface area contributed by atoms with Crippen LogP contribution in [0.2, 0.25) is 10.0 Å². The molecule has 1 amide bonds. The molecule has 3 rings (SSSR count). The number of carbonyl (C=O) groups is 1. The van der Waals surface area contributed by atoms with Crippen molar-refractivity contribution < 1.29 is 9.90 Å². The van der Waals surface area contributed by atoms with Gasteiger partial charge >= 0.3 is 0 Å². The number of aromatic nitrogens is 2. The first kappa shape index (κ1) is 18.6. The molecule has 0 aliphatic carbocycles. The Bertz CT molecular complexity index is 942. The third-order valence-electron chi connectivity index (χ3n) is 3.66. The Morgan fingerprint density at radius 1 is 1.19 bits per heavy atom. The van der Waals surface area contributed by atoms with Crippen LogP contribution < -0.4 is 5.32 Å². The summed E-state index contributed by atoms with van der Waals surface area (Å²) in [6.07, 6.45) is 2.03. The van der Waals surface area contributed by atoms with E-state index in [2.05, 4.69) is 22.4 Å². The van der Waals surface area contributed by atoms with Gasteiger partial charge in [0.1, 0.15) is 5.75 Å². The van der Waals surface area contributed by atoms with Crippen LogP contribution in [-0.2, 0) is 6.42 Å². The zero-order valence-electron chi connectivity index (χ0n) is 13.8. The van der Waals surface area contributed by atoms with Gasteiger partial charge in [0.05, 0.1) is 10.6 Å². The molecule has 3 aromatic rings. The maximum Gasteiger partial charge on any atom is 0.257 e. The fourth-order valence-corrected chi connectivity index (χ4v) is 3.64. The number of phenols is 1. The summed E-state index contributed by atoms with van der Waals surface area (Å²) in [5, 5.41) is 21.9. The van der Waals surface area contributed by atoms with Crippen molar-refractivity contribution >= 4 is 45.6 Å². The molecule has 0 unspecified atom stereocenters. The molecule has 0 saturated carbocycles. The largest absolute Gasteiger partial charge is 0.506 e. The minimum Gasteiger partial charge on any atom is -0.506 e. The zero-order valence-corrected chi connectivity index (χ0v) is 16.1. The summed E-state index contributed by atoms with van der Waals surface area (Å²) in [5.41, 5.74) is 2.09. The number of rotatable bonds is 5. The van der Waals surface area contributed by atoms with Crippen LogP contribution in [0.15, 0.2) is 36.4 Å². The summed E-state index contributed by atoms with van der Waals surface area (Å²) in [5.74, 6) is -0.402. The summed E-state index contributed by atoms with van der Waals surface area (Å²) in [4.78, 5) is 12.3. The maximum atomic E-state index is 12.3. The smallest absolute Gasteiger partial charge is 0.257 e. The van der Waals surface area contributed by atoms with Crippen LogP contribution in [0.3, 0.4) is 0 Å². The monoisotopic (exact) mass is 407 g/mol. The van der Waals surface area contributed by atoms with Crippen molar-refractivity contribution in [1.29, 1.82) is 0 Å². The van der Waals surface area contributed by atoms with E-state index in [1.807, 2.05) is 12.1 Å². The highest BCUT2D eigenvalue weighted by Crippen LogP contribution is 2.39. The third kappa shape index (κ3) is 4.15. The highest BCUT2D eigenvalue weighted by atomic mass is 35.5. The van der Waals surface area contributed by atoms with E-state index in [9.17, 15) is 9.90 Å². The summed E-state index contributed by atoms with van der Waals surface area (Å²) in [6, 6.07) is 10.4. The highest BCUT2D eigenvalue weighted by molar-refractivity contribution is 7.18. The average Bonchev–Trinajstić information content (AvgIpc) is 3.07. The third-order valence-corrected chi connectivity index (χ3v) is 5.04. The van der Waals surface area contributed by atoms with Crippen molar-refractivity contribution in [2.75, 3.05) is 5.32 Å². The first-order valence-electron chi connectivity index (χ1n) is 7.90. The van der Waals surface area contributed by atoms with Crippen molar-refractivity contribution in [1.82, 2.24) is 10.2 Å². The number of phenolic OH excluding ortho intramolecular Hbond substituents is 1. The summed E-state index contributed by atoms with van der Waals surface area (Å²) < 4.78 is 0. The molecule has 0 aliphatic heterocycles. The average molecular weight is 408 g/mol. The highest BCUT2D eigenvalue weighted by Gasteiger charge is 2.16. The van der Waals surface area contributed by atoms with Gasteiger partial charge in [-0.15, -0.1) is 10.2 Å². The van der Waals surface area contributed by atoms with Gasteiger partial charge in [-0.1, -0.05) is 60.0 Å². The zero-order chi connectivity index (χ0) is 18.7. The number of hydrogen-bond donors (Lipinski definition) is 2. The van der Waals surface area contributed by atoms with Gasteiger partial charge in [-0.3, -0.25) is 10.1 Å². The Morgan fingerprint density at radius 3 is 2.62 bits per heavy atom. The minimum atomic E-state index is -0.274. The van der Waals surface area contributed by atoms with Crippen molar-refractivity contribution in [3.8, 4) is 16.3 Å². The normalized spacial score (nSPS) is 10.7. The van der Waals surface area contributed by atoms with Crippen LogP contribution in [-0.4, -0.2) is 21.2 Å². The van der Waals surface area contributed by atoms with E-state index in [-0.39, 0.29) is 16.7 Å². The number of benzene rings is 2. The van der Waals surface area contributed by atoms with E-state index < -0.39 is 0 Å². The second-order valence-electron chi connectivity index (χ2n) is 5.60. The molecular weight excluding hydrogens is 393 g/mol. The van der Waals surface area contributed by atoms with Gasteiger partial charge in [-0.25, -0.2) is 0 Å². The van der Waals surface area contributed by atoms with Crippen molar-refractivity contribution in [2.24, 2.45) is 0 Å². The molecular formula is C18H15Cl2N3O2S. The predicted molar refractivity (Wildman–Crippen MR) is 105 cm³/mol. The lowest BCUT2D eigenvalue weighted by atomic mass is 10.1. The van der Waals surface area contributed by atoms with E-state index >= 15 is 0 Å². The van der Waals surface area contributed by atoms with Gasteiger partial charge in [0, 0.05) is 10.6 Å². The van der Waals surface area contributed by atoms with Gasteiger partial charge in [-0.05, 0) is 36.2 Å². The molecule has 134 valence electrons. The molecule has 26 heavy (non-hydrogen) atoms. The van der Waals surface area contributed by atoms with E-state index in [0.29, 0.717) is 26.3 Å². The van der Waals surface area contributed by atoms with Crippen LogP contribution in [0.5, 0.6) is 5.75 Å². The fourth-order valence-electron chi connectivity index (χ4n) is 2.39. The van der Waals surface area contributed by atoms with Gasteiger partial charge in [0.2, 0.25) is 5.13 Å². The Kier molecular flexibility index (Phi) is 5.76. The van der Waals surface area contributed by atoms with E-state index in [1.165, 1.54) is 11.6 Å². The van der Waals surface area contributed by atoms with Crippen molar-refractivity contribution in [2.45, 2.75) is 19.8 Å². The Hall–Kier alpha value is -2.15. The number of aryl methyl sites for hydroxylation is 1. The lowest BCUT2D eigenvalue weighted by Gasteiger charge is -2.04. The maximum absolute atomic E-state index is 12.3. The molecule has 5 nitrogen and oxygen atoms in total. The molecule has 0 spiro atoms. The number of hydrogen-bond acceptors (Lipinski definition) is 5. The Morgan fingerprint density at radius 2 is 1.92 bits per heavy atom. The van der Waals surface area contributed by atoms with Crippen molar-refractivity contribution in [3.63, 3.8) is 0 Å². The quantitative estimate of drug-likeness (QED) is 0.591. The number of anilines is 1. The molecule has 2 aromatic carbocycles. The molecule has 0 atom stereocenters. The van der Waals surface area contributed by atoms with Crippen LogP contribution in [0, 0.1) is 0 Å². The van der Waals surface area contributed by atoms with E-state index in [4.69, 9.17) is 23.2 Å². The van der Waals surface area contributed by atoms with Crippen LogP contribution in [0.4, 0.5) is 5.13 Å². The SMILES string of the molecule is CCCc1ccc(C(=O)Nc2nnc(-c3cc(Cl)cc(Cl)c3O)s2)cc1. The lowest BCUT2D eigenvalue weighted by molar-refractivity contribution is 0.102. The first-order valence-corrected chi connectivity index (χ1v) is 9.47. The lowest BCUT2D eigenvalue weighted by Crippen LogP contribution is -2.11. The van der Waals surface area contributed by atoms with E-state index in [1.54, 1.807) is 18.2 Å². The van der Waals surface area contributed by atoms with Crippen LogP contribution in [0.25, 0.3) is 10.6 Å².